The molecule has 0 aliphatic heterocycles. The molecule has 0 N–H and O–H groups in total. The maximum Gasteiger partial charge on any atom is 0.297 e. The molecule has 5 nitrogen and oxygen atoms in total. The van der Waals surface area contributed by atoms with Crippen molar-refractivity contribution in [2.45, 2.75) is 26.3 Å². The summed E-state index contributed by atoms with van der Waals surface area (Å²) in [4.78, 5) is 9.01. The molecule has 138 valence electrons. The van der Waals surface area contributed by atoms with Crippen molar-refractivity contribution in [2.75, 3.05) is 20.8 Å². The molecule has 7 heteroatoms. The summed E-state index contributed by atoms with van der Waals surface area (Å²) in [6.07, 6.45) is 2.51. The van der Waals surface area contributed by atoms with Crippen molar-refractivity contribution >= 4 is 22.6 Å². The normalized spacial score (nSPS) is 12.5. The van der Waals surface area contributed by atoms with Crippen LogP contribution in [0.15, 0.2) is 24.4 Å². The van der Waals surface area contributed by atoms with Crippen molar-refractivity contribution in [3.63, 3.8) is 0 Å². The van der Waals surface area contributed by atoms with Crippen LogP contribution in [0.1, 0.15) is 24.9 Å². The Morgan fingerprint density at radius 1 is 1.31 bits per heavy atom. The summed E-state index contributed by atoms with van der Waals surface area (Å²) in [5, 5.41) is 0.432. The van der Waals surface area contributed by atoms with E-state index in [9.17, 15) is 4.39 Å². The van der Waals surface area contributed by atoms with Crippen molar-refractivity contribution in [3.05, 3.63) is 40.8 Å². The molecule has 0 spiro atoms. The molecule has 0 amide bonds. The molecule has 0 saturated carbocycles. The Hall–Kier alpha value is -2.18. The van der Waals surface area contributed by atoms with Gasteiger partial charge in [-0.25, -0.2) is 4.39 Å². The minimum atomic E-state index is -0.333. The van der Waals surface area contributed by atoms with Gasteiger partial charge in [-0.15, -0.1) is 0 Å². The van der Waals surface area contributed by atoms with Gasteiger partial charge in [0.1, 0.15) is 11.3 Å². The second-order valence-electron chi connectivity index (χ2n) is 6.09. The predicted octanol–water partition coefficient (Wildman–Crippen LogP) is 4.81. The van der Waals surface area contributed by atoms with E-state index in [-0.39, 0.29) is 11.9 Å². The molecule has 0 aliphatic rings. The van der Waals surface area contributed by atoms with E-state index in [1.807, 2.05) is 10.6 Å². The molecule has 0 fully saturated rings. The standard InChI is InChI=1S/C19H21ClFN3O2/c1-5-12(10-25-3)24-16-6-7-22-17(18(16)23-19(24)26-4)13-9-15(21)11(2)8-14(13)20/h6-9,12H,5,10H2,1-4H3. The fourth-order valence-corrected chi connectivity index (χ4v) is 3.40. The first kappa shape index (κ1) is 18.6. The highest BCUT2D eigenvalue weighted by atomic mass is 35.5. The first-order valence-electron chi connectivity index (χ1n) is 8.37. The van der Waals surface area contributed by atoms with Crippen molar-refractivity contribution in [1.29, 1.82) is 0 Å². The number of imidazole rings is 1. The Balaban J connectivity index is 2.27. The van der Waals surface area contributed by atoms with Crippen molar-refractivity contribution in [2.24, 2.45) is 0 Å². The number of nitrogens with zero attached hydrogens (tertiary/aromatic N) is 3. The minimum Gasteiger partial charge on any atom is -0.468 e. The molecule has 0 radical (unpaired) electrons. The van der Waals surface area contributed by atoms with E-state index in [1.54, 1.807) is 33.4 Å². The van der Waals surface area contributed by atoms with E-state index in [4.69, 9.17) is 21.1 Å². The third kappa shape index (κ3) is 3.15. The van der Waals surface area contributed by atoms with E-state index in [0.29, 0.717) is 40.0 Å². The van der Waals surface area contributed by atoms with Crippen LogP contribution in [0.25, 0.3) is 22.3 Å². The third-order valence-electron chi connectivity index (χ3n) is 4.46. The van der Waals surface area contributed by atoms with Crippen LogP contribution in [0.5, 0.6) is 6.01 Å². The average Bonchev–Trinajstić information content (AvgIpc) is 3.01. The summed E-state index contributed by atoms with van der Waals surface area (Å²) < 4.78 is 26.9. The molecule has 1 unspecified atom stereocenters. The van der Waals surface area contributed by atoms with Gasteiger partial charge in [0, 0.05) is 18.9 Å². The monoisotopic (exact) mass is 377 g/mol. The van der Waals surface area contributed by atoms with E-state index < -0.39 is 0 Å². The van der Waals surface area contributed by atoms with Crippen molar-refractivity contribution < 1.29 is 13.9 Å². The first-order chi connectivity index (χ1) is 12.5. The topological polar surface area (TPSA) is 49.2 Å². The van der Waals surface area contributed by atoms with Crippen LogP contribution in [0, 0.1) is 12.7 Å². The number of hydrogen-bond donors (Lipinski definition) is 0. The molecule has 26 heavy (non-hydrogen) atoms. The summed E-state index contributed by atoms with van der Waals surface area (Å²) in [6.45, 7) is 4.27. The number of aromatic nitrogens is 3. The molecular formula is C19H21ClFN3O2. The van der Waals surface area contributed by atoms with Crippen LogP contribution >= 0.6 is 11.6 Å². The lowest BCUT2D eigenvalue weighted by Gasteiger charge is -2.18. The Labute approximate surface area is 156 Å². The molecule has 1 aromatic carbocycles. The molecule has 0 saturated heterocycles. The highest BCUT2D eigenvalue weighted by molar-refractivity contribution is 6.33. The van der Waals surface area contributed by atoms with Crippen LogP contribution in [-0.2, 0) is 4.74 Å². The number of benzene rings is 1. The smallest absolute Gasteiger partial charge is 0.297 e. The quantitative estimate of drug-likeness (QED) is 0.618. The van der Waals surface area contributed by atoms with Crippen molar-refractivity contribution in [3.8, 4) is 17.3 Å². The zero-order chi connectivity index (χ0) is 18.8. The molecule has 2 heterocycles. The Morgan fingerprint density at radius 2 is 2.08 bits per heavy atom. The van der Waals surface area contributed by atoms with E-state index in [1.165, 1.54) is 6.07 Å². The van der Waals surface area contributed by atoms with Gasteiger partial charge in [-0.05, 0) is 37.1 Å². The lowest BCUT2D eigenvalue weighted by Crippen LogP contribution is -2.14. The zero-order valence-corrected chi connectivity index (χ0v) is 16.0. The second-order valence-corrected chi connectivity index (χ2v) is 6.50. The van der Waals surface area contributed by atoms with Gasteiger partial charge in [0.25, 0.3) is 6.01 Å². The van der Waals surface area contributed by atoms with Crippen molar-refractivity contribution in [1.82, 2.24) is 14.5 Å². The number of halogens is 2. The Bertz CT molecular complexity index is 942. The Morgan fingerprint density at radius 3 is 2.73 bits per heavy atom. The van der Waals surface area contributed by atoms with Crippen LogP contribution in [0.2, 0.25) is 5.02 Å². The number of pyridine rings is 1. The summed E-state index contributed by atoms with van der Waals surface area (Å²) in [5.41, 5.74) is 2.97. The maximum absolute atomic E-state index is 14.1. The summed E-state index contributed by atoms with van der Waals surface area (Å²) in [7, 11) is 3.24. The predicted molar refractivity (Wildman–Crippen MR) is 100 cm³/mol. The SMILES string of the molecule is CCC(COC)n1c(OC)nc2c(-c3cc(F)c(C)cc3Cl)nccc21. The van der Waals surface area contributed by atoms with E-state index in [0.717, 1.165) is 11.9 Å². The largest absolute Gasteiger partial charge is 0.468 e. The van der Waals surface area contributed by atoms with Gasteiger partial charge in [-0.1, -0.05) is 18.5 Å². The summed E-state index contributed by atoms with van der Waals surface area (Å²) >= 11 is 6.36. The van der Waals surface area contributed by atoms with Crippen LogP contribution in [-0.4, -0.2) is 35.4 Å². The third-order valence-corrected chi connectivity index (χ3v) is 4.77. The minimum absolute atomic E-state index is 0.0559. The fraction of sp³-hybridized carbons (Fsp3) is 0.368. The molecule has 0 aliphatic carbocycles. The van der Waals surface area contributed by atoms with E-state index >= 15 is 0 Å². The lowest BCUT2D eigenvalue weighted by atomic mass is 10.1. The number of rotatable bonds is 6. The van der Waals surface area contributed by atoms with Gasteiger partial charge in [-0.2, -0.15) is 4.98 Å². The first-order valence-corrected chi connectivity index (χ1v) is 8.75. The highest BCUT2D eigenvalue weighted by Gasteiger charge is 2.22. The summed E-state index contributed by atoms with van der Waals surface area (Å²) in [6, 6.07) is 5.38. The molecule has 3 rings (SSSR count). The second kappa shape index (κ2) is 7.60. The number of aryl methyl sites for hydroxylation is 1. The van der Waals surface area contributed by atoms with Gasteiger partial charge >= 0.3 is 0 Å². The van der Waals surface area contributed by atoms with Gasteiger partial charge in [0.2, 0.25) is 0 Å². The molecule has 2 aromatic heterocycles. The number of methoxy groups -OCH3 is 2. The fourth-order valence-electron chi connectivity index (χ4n) is 3.09. The maximum atomic E-state index is 14.1. The van der Waals surface area contributed by atoms with Crippen LogP contribution < -0.4 is 4.74 Å². The molecular weight excluding hydrogens is 357 g/mol. The van der Waals surface area contributed by atoms with E-state index in [2.05, 4.69) is 16.9 Å². The lowest BCUT2D eigenvalue weighted by molar-refractivity contribution is 0.149. The van der Waals surface area contributed by atoms with Crippen LogP contribution in [0.3, 0.4) is 0 Å². The summed E-state index contributed by atoms with van der Waals surface area (Å²) in [5.74, 6) is -0.333. The molecule has 3 aromatic rings. The molecule has 0 bridgehead atoms. The number of ether oxygens (including phenoxy) is 2. The average molecular weight is 378 g/mol. The molecule has 1 atom stereocenters. The Kier molecular flexibility index (Phi) is 5.44. The number of hydrogen-bond acceptors (Lipinski definition) is 4. The van der Waals surface area contributed by atoms with Gasteiger partial charge in [-0.3, -0.25) is 9.55 Å². The van der Waals surface area contributed by atoms with Gasteiger partial charge in [0.15, 0.2) is 0 Å². The number of fused-ring (bicyclic) bond motifs is 1. The van der Waals surface area contributed by atoms with Gasteiger partial charge in [0.05, 0.1) is 36.0 Å². The zero-order valence-electron chi connectivity index (χ0n) is 15.2. The highest BCUT2D eigenvalue weighted by Crippen LogP contribution is 2.36. The van der Waals surface area contributed by atoms with Gasteiger partial charge < -0.3 is 9.47 Å². The van der Waals surface area contributed by atoms with Crippen LogP contribution in [0.4, 0.5) is 4.39 Å².